The molecule has 1 aromatic carbocycles. The fraction of sp³-hybridized carbons (Fsp3) is 0.684. The molecule has 11 amide bonds. The number of unbranched alkanes of at least 4 members (excludes halogenated alkanes) is 4. The molecule has 1 saturated heterocycles. The number of carbonyl (C=O) groups excluding carboxylic acids is 11. The lowest BCUT2D eigenvalue weighted by molar-refractivity contribution is -0.137. The maximum Gasteiger partial charge on any atom is 0.245 e. The minimum atomic E-state index is -1.72. The van der Waals surface area contributed by atoms with Gasteiger partial charge in [-0.1, -0.05) is 76.8 Å². The van der Waals surface area contributed by atoms with Crippen molar-refractivity contribution in [2.24, 2.45) is 45.3 Å². The van der Waals surface area contributed by atoms with Gasteiger partial charge in [0.05, 0.1) is 12.2 Å². The van der Waals surface area contributed by atoms with Crippen LogP contribution in [-0.2, 0) is 59.2 Å². The molecule has 1 heterocycles. The van der Waals surface area contributed by atoms with Crippen molar-refractivity contribution >= 4 is 70.9 Å². The van der Waals surface area contributed by atoms with Gasteiger partial charge < -0.3 is 103 Å². The predicted molar refractivity (Wildman–Crippen MR) is 328 cm³/mol. The lowest BCUT2D eigenvalue weighted by Gasteiger charge is -2.29. The van der Waals surface area contributed by atoms with E-state index in [9.17, 15) is 63.0 Å². The first-order valence-electron chi connectivity index (χ1n) is 30.4. The average Bonchev–Trinajstić information content (AvgIpc) is 3.68. The van der Waals surface area contributed by atoms with Crippen molar-refractivity contribution in [2.75, 3.05) is 39.3 Å². The van der Waals surface area contributed by atoms with Gasteiger partial charge in [0.25, 0.3) is 0 Å². The third kappa shape index (κ3) is 28.5. The quantitative estimate of drug-likeness (QED) is 0.0187. The Labute approximate surface area is 514 Å². The molecule has 25 N–H and O–H groups in total. The number of nitrogens with two attached hydrogens (primary N) is 6. The number of amides is 11. The summed E-state index contributed by atoms with van der Waals surface area (Å²) in [5, 5.41) is 49.9. The summed E-state index contributed by atoms with van der Waals surface area (Å²) >= 11 is 0. The van der Waals surface area contributed by atoms with Crippen LogP contribution < -0.4 is 92.9 Å². The van der Waals surface area contributed by atoms with E-state index in [1.807, 2.05) is 0 Å². The van der Waals surface area contributed by atoms with E-state index >= 15 is 0 Å². The van der Waals surface area contributed by atoms with Crippen molar-refractivity contribution in [2.45, 2.75) is 204 Å². The van der Waals surface area contributed by atoms with E-state index in [1.165, 1.54) is 13.8 Å². The van der Waals surface area contributed by atoms with E-state index in [0.29, 0.717) is 12.0 Å². The largest absolute Gasteiger partial charge is 0.391 e. The maximum absolute atomic E-state index is 14.6. The molecule has 31 heteroatoms. The number of nitrogens with one attached hydrogen (secondary N) is 11. The van der Waals surface area contributed by atoms with Gasteiger partial charge in [0, 0.05) is 25.9 Å². The molecule has 0 saturated carbocycles. The van der Waals surface area contributed by atoms with Crippen LogP contribution >= 0.6 is 0 Å². The smallest absolute Gasteiger partial charge is 0.245 e. The van der Waals surface area contributed by atoms with E-state index in [1.54, 1.807) is 44.2 Å². The van der Waals surface area contributed by atoms with Crippen LogP contribution in [0.3, 0.4) is 0 Å². The minimum Gasteiger partial charge on any atom is -0.391 e. The number of aliphatic hydroxyl groups excluding tert-OH is 2. The predicted octanol–water partition coefficient (Wildman–Crippen LogP) is -5.79. The van der Waals surface area contributed by atoms with E-state index in [-0.39, 0.29) is 102 Å². The Kier molecular flexibility index (Phi) is 36.1. The fourth-order valence-electron chi connectivity index (χ4n) is 9.36. The van der Waals surface area contributed by atoms with E-state index in [4.69, 9.17) is 34.4 Å². The monoisotopic (exact) mass is 1240 g/mol. The molecule has 0 aliphatic carbocycles. The third-order valence-electron chi connectivity index (χ3n) is 14.2. The average molecular weight is 1250 g/mol. The van der Waals surface area contributed by atoms with Gasteiger partial charge in [0.2, 0.25) is 65.0 Å². The molecule has 31 nitrogen and oxygen atoms in total. The SMILES string of the molecule is CCCCCCCC(=O)N[C@@H](CCN)C(=O)N[C@H](C(=O)N[C@@H](CCN)C(=O)N[C@H]1CCNC(=O)[C@H]([C@@H](C)O)NC(=O)[C@H](CCCN=C(N)N)NC(=O)[C@H](CCN)NC(=O)[C@H](CC(C)C)NC(=O)[C@@H](Cc2ccccc2)NC(=O)[C@H](CCN)NC1=O)[C@@H](C)O. The van der Waals surface area contributed by atoms with Gasteiger partial charge in [0.15, 0.2) is 5.96 Å². The van der Waals surface area contributed by atoms with Gasteiger partial charge in [-0.15, -0.1) is 0 Å². The van der Waals surface area contributed by atoms with Gasteiger partial charge in [0.1, 0.15) is 60.4 Å². The second kappa shape index (κ2) is 41.5. The highest BCUT2D eigenvalue weighted by molar-refractivity contribution is 5.99. The fourth-order valence-corrected chi connectivity index (χ4v) is 9.36. The lowest BCUT2D eigenvalue weighted by atomic mass is 10.00. The molecule has 2 rings (SSSR count). The Morgan fingerprint density at radius 2 is 1.11 bits per heavy atom. The zero-order chi connectivity index (χ0) is 65.9. The Morgan fingerprint density at radius 1 is 0.591 bits per heavy atom. The molecule has 1 aliphatic heterocycles. The lowest BCUT2D eigenvalue weighted by Crippen LogP contribution is -2.62. The number of hydrogen-bond donors (Lipinski definition) is 19. The number of nitrogens with zero attached hydrogens (tertiary/aromatic N) is 1. The summed E-state index contributed by atoms with van der Waals surface area (Å²) in [5.41, 5.74) is 35.2. The number of guanidine groups is 1. The zero-order valence-electron chi connectivity index (χ0n) is 51.5. The van der Waals surface area contributed by atoms with E-state index in [0.717, 1.165) is 25.7 Å². The molecule has 0 bridgehead atoms. The van der Waals surface area contributed by atoms with Gasteiger partial charge in [-0.2, -0.15) is 0 Å². The van der Waals surface area contributed by atoms with Crippen molar-refractivity contribution in [3.63, 3.8) is 0 Å². The highest BCUT2D eigenvalue weighted by Crippen LogP contribution is 2.12. The number of aliphatic imine (C=N–C) groups is 1. The summed E-state index contributed by atoms with van der Waals surface area (Å²) < 4.78 is 0. The van der Waals surface area contributed by atoms with Crippen LogP contribution in [0.25, 0.3) is 0 Å². The van der Waals surface area contributed by atoms with Gasteiger partial charge in [-0.05, 0) is 109 Å². The van der Waals surface area contributed by atoms with Gasteiger partial charge in [-0.3, -0.25) is 57.7 Å². The Bertz CT molecular complexity index is 2430. The number of aliphatic hydroxyl groups is 2. The third-order valence-corrected chi connectivity index (χ3v) is 14.2. The molecular weight excluding hydrogens is 1140 g/mol. The molecule has 0 radical (unpaired) electrons. The highest BCUT2D eigenvalue weighted by Gasteiger charge is 2.38. The molecule has 1 aliphatic rings. The van der Waals surface area contributed by atoms with Crippen LogP contribution in [0.2, 0.25) is 0 Å². The van der Waals surface area contributed by atoms with Gasteiger partial charge >= 0.3 is 0 Å². The van der Waals surface area contributed by atoms with Crippen LogP contribution in [0.15, 0.2) is 35.3 Å². The standard InChI is InChI=1S/C57H100N18O13/c1-6-7-8-9-13-18-44(78)66-37(19-24-58)52(84)75-46(34(5)77)56(88)71-40(22-27-61)48(80)70-41-23-29-64-55(87)45(33(4)76)74-51(83)36(17-14-28-65-57(62)63)67-47(79)38(20-25-59)69-53(85)42(30-32(2)3)72-54(86)43(31-35-15-11-10-12-16-35)73-49(81)39(21-26-60)68-50(41)82/h10-12,15-16,32-34,36-43,45-46,76-77H,6-9,13-14,17-31,58-61H2,1-5H3,(H,64,87)(H,66,78)(H,67,79)(H,68,82)(H,69,85)(H,70,80)(H,71,88)(H,72,86)(H,73,81)(H,74,83)(H,75,84)(H4,62,63,65)/t33-,34-,36+,37+,38+,39+,40+,41+,42+,43-,45+,46+/m1/s1. The molecule has 0 unspecified atom stereocenters. The Balaban J connectivity index is 2.73. The van der Waals surface area contributed by atoms with Crippen LogP contribution in [-0.4, -0.2) is 193 Å². The Hall–Kier alpha value is -7.58. The van der Waals surface area contributed by atoms with Crippen LogP contribution in [0.5, 0.6) is 0 Å². The van der Waals surface area contributed by atoms with Crippen molar-refractivity contribution in [3.8, 4) is 0 Å². The summed E-state index contributed by atoms with van der Waals surface area (Å²) in [4.78, 5) is 159. The summed E-state index contributed by atoms with van der Waals surface area (Å²) in [6, 6.07) is -6.43. The van der Waals surface area contributed by atoms with Crippen LogP contribution in [0.1, 0.15) is 130 Å². The van der Waals surface area contributed by atoms with Gasteiger partial charge in [-0.25, -0.2) is 0 Å². The molecule has 12 atom stereocenters. The number of carbonyl (C=O) groups is 11. The maximum atomic E-state index is 14.6. The molecule has 0 aromatic heterocycles. The molecule has 496 valence electrons. The molecule has 88 heavy (non-hydrogen) atoms. The Morgan fingerprint density at radius 3 is 1.66 bits per heavy atom. The van der Waals surface area contributed by atoms with Crippen LogP contribution in [0, 0.1) is 5.92 Å². The number of hydrogen-bond acceptors (Lipinski definition) is 18. The first kappa shape index (κ1) is 76.5. The normalized spacial score (nSPS) is 22.0. The van der Waals surface area contributed by atoms with Crippen molar-refractivity contribution in [3.05, 3.63) is 35.9 Å². The van der Waals surface area contributed by atoms with Crippen molar-refractivity contribution in [1.29, 1.82) is 0 Å². The summed E-state index contributed by atoms with van der Waals surface area (Å²) in [6.45, 7) is 6.95. The van der Waals surface area contributed by atoms with E-state index in [2.05, 4.69) is 70.4 Å². The topological polar surface area (TPSA) is 529 Å². The summed E-state index contributed by atoms with van der Waals surface area (Å²) in [5.74, 6) is -10.3. The molecule has 1 fully saturated rings. The summed E-state index contributed by atoms with van der Waals surface area (Å²) in [6.07, 6.45) is 0.0139. The zero-order valence-corrected chi connectivity index (χ0v) is 51.5. The second-order valence-electron chi connectivity index (χ2n) is 22.3. The van der Waals surface area contributed by atoms with Crippen molar-refractivity contribution in [1.82, 2.24) is 58.5 Å². The molecular formula is C57H100N18O13. The first-order valence-corrected chi connectivity index (χ1v) is 30.4. The number of rotatable bonds is 31. The molecule has 0 spiro atoms. The van der Waals surface area contributed by atoms with Crippen molar-refractivity contribution < 1.29 is 63.0 Å². The number of benzene rings is 1. The summed E-state index contributed by atoms with van der Waals surface area (Å²) in [7, 11) is 0. The minimum absolute atomic E-state index is 0.00315. The second-order valence-corrected chi connectivity index (χ2v) is 22.3. The van der Waals surface area contributed by atoms with Crippen LogP contribution in [0.4, 0.5) is 0 Å². The molecule has 1 aromatic rings. The van der Waals surface area contributed by atoms with E-state index < -0.39 is 151 Å². The highest BCUT2D eigenvalue weighted by atomic mass is 16.3. The first-order chi connectivity index (χ1) is 41.8.